The average Bonchev–Trinajstić information content (AvgIpc) is 2.90. The molecule has 2 aliphatic rings. The number of amides is 1. The maximum atomic E-state index is 12.0. The van der Waals surface area contributed by atoms with E-state index in [0.717, 1.165) is 0 Å². The summed E-state index contributed by atoms with van der Waals surface area (Å²) in [4.78, 5) is 24.3. The number of phenolic OH excluding ortho intramolecular Hbond substituents is 1. The summed E-state index contributed by atoms with van der Waals surface area (Å²) in [5.41, 5.74) is 0.631. The van der Waals surface area contributed by atoms with Crippen LogP contribution < -0.4 is 4.90 Å². The van der Waals surface area contributed by atoms with Gasteiger partial charge in [0.2, 0.25) is 5.91 Å². The first-order valence-corrected chi connectivity index (χ1v) is 5.43. The zero-order chi connectivity index (χ0) is 12.2. The fourth-order valence-corrected chi connectivity index (χ4v) is 2.65. The summed E-state index contributed by atoms with van der Waals surface area (Å²) in [6, 6.07) is 6.44. The Bertz CT molecular complexity index is 513. The summed E-state index contributed by atoms with van der Waals surface area (Å²) in [5, 5.41) is 18.2. The van der Waals surface area contributed by atoms with Crippen LogP contribution in [0.2, 0.25) is 0 Å². The number of aliphatic carboxylic acids is 1. The number of aromatic hydroxyl groups is 1. The topological polar surface area (TPSA) is 77.8 Å². The van der Waals surface area contributed by atoms with E-state index in [1.165, 1.54) is 12.1 Å². The van der Waals surface area contributed by atoms with Gasteiger partial charge in [-0.1, -0.05) is 6.07 Å². The average molecular weight is 233 g/mol. The highest BCUT2D eigenvalue weighted by atomic mass is 16.4. The fourth-order valence-electron chi connectivity index (χ4n) is 2.65. The quantitative estimate of drug-likeness (QED) is 0.787. The number of benzene rings is 1. The predicted molar refractivity (Wildman–Crippen MR) is 58.6 cm³/mol. The van der Waals surface area contributed by atoms with Crippen molar-refractivity contribution >= 4 is 17.6 Å². The van der Waals surface area contributed by atoms with Gasteiger partial charge in [-0.05, 0) is 12.1 Å². The molecule has 5 nitrogen and oxygen atoms in total. The molecular formula is C12H11NO4. The largest absolute Gasteiger partial charge is 0.508 e. The maximum absolute atomic E-state index is 12.0. The van der Waals surface area contributed by atoms with Gasteiger partial charge in [0.1, 0.15) is 5.75 Å². The Morgan fingerprint density at radius 1 is 1.41 bits per heavy atom. The Hall–Kier alpha value is -2.04. The third kappa shape index (κ3) is 1.39. The van der Waals surface area contributed by atoms with Crippen molar-refractivity contribution in [1.82, 2.24) is 0 Å². The van der Waals surface area contributed by atoms with E-state index in [4.69, 9.17) is 5.11 Å². The monoisotopic (exact) mass is 233 g/mol. The van der Waals surface area contributed by atoms with Gasteiger partial charge in [-0.2, -0.15) is 0 Å². The minimum Gasteiger partial charge on any atom is -0.508 e. The second kappa shape index (κ2) is 3.23. The van der Waals surface area contributed by atoms with Crippen LogP contribution in [0.5, 0.6) is 5.75 Å². The van der Waals surface area contributed by atoms with Gasteiger partial charge in [0.25, 0.3) is 0 Å². The minimum absolute atomic E-state index is 0.0673. The molecule has 3 rings (SSSR count). The van der Waals surface area contributed by atoms with E-state index in [9.17, 15) is 14.7 Å². The van der Waals surface area contributed by atoms with Crippen LogP contribution in [-0.2, 0) is 9.59 Å². The van der Waals surface area contributed by atoms with Crippen molar-refractivity contribution < 1.29 is 19.8 Å². The Morgan fingerprint density at radius 2 is 2.18 bits per heavy atom. The Balaban J connectivity index is 1.82. The molecule has 1 aromatic carbocycles. The second-order valence-electron chi connectivity index (χ2n) is 4.52. The molecule has 1 saturated carbocycles. The van der Waals surface area contributed by atoms with Crippen LogP contribution in [0.3, 0.4) is 0 Å². The van der Waals surface area contributed by atoms with Crippen molar-refractivity contribution in [2.75, 3.05) is 11.4 Å². The number of fused-ring (bicyclic) bond motifs is 1. The predicted octanol–water partition coefficient (Wildman–Crippen LogP) is 0.686. The normalized spacial score (nSPS) is 30.2. The van der Waals surface area contributed by atoms with Crippen LogP contribution in [0.1, 0.15) is 0 Å². The van der Waals surface area contributed by atoms with Gasteiger partial charge in [0.15, 0.2) is 0 Å². The Morgan fingerprint density at radius 3 is 2.71 bits per heavy atom. The van der Waals surface area contributed by atoms with E-state index >= 15 is 0 Å². The molecule has 0 spiro atoms. The lowest BCUT2D eigenvalue weighted by molar-refractivity contribution is -0.140. The minimum atomic E-state index is -0.885. The molecule has 1 saturated heterocycles. The number of nitrogens with zero attached hydrogens (tertiary/aromatic N) is 1. The number of carbonyl (C=O) groups is 2. The number of hydrogen-bond acceptors (Lipinski definition) is 3. The standard InChI is InChI=1S/C12H11NO4/c14-7-3-1-2-6(4-7)13-5-8-9(11(13)15)10(8)12(16)17/h1-4,8-10,14H,5H2,(H,16,17). The number of phenols is 1. The van der Waals surface area contributed by atoms with Gasteiger partial charge in [0, 0.05) is 24.2 Å². The van der Waals surface area contributed by atoms with Crippen molar-refractivity contribution in [1.29, 1.82) is 0 Å². The highest BCUT2D eigenvalue weighted by molar-refractivity contribution is 6.04. The van der Waals surface area contributed by atoms with E-state index in [-0.39, 0.29) is 23.5 Å². The number of rotatable bonds is 2. The van der Waals surface area contributed by atoms with Gasteiger partial charge in [-0.3, -0.25) is 9.59 Å². The van der Waals surface area contributed by atoms with Crippen molar-refractivity contribution in [2.45, 2.75) is 0 Å². The summed E-state index contributed by atoms with van der Waals surface area (Å²) in [7, 11) is 0. The summed E-state index contributed by atoms with van der Waals surface area (Å²) in [5.74, 6) is -1.86. The molecule has 1 aromatic rings. The number of carbonyl (C=O) groups excluding carboxylic acids is 1. The molecule has 2 fully saturated rings. The molecular weight excluding hydrogens is 222 g/mol. The summed E-state index contributed by atoms with van der Waals surface area (Å²) >= 11 is 0. The summed E-state index contributed by atoms with van der Waals surface area (Å²) in [6.07, 6.45) is 0. The number of anilines is 1. The van der Waals surface area contributed by atoms with E-state index in [1.807, 2.05) is 0 Å². The summed E-state index contributed by atoms with van der Waals surface area (Å²) in [6.45, 7) is 0.434. The van der Waals surface area contributed by atoms with Gasteiger partial charge in [-0.25, -0.2) is 0 Å². The number of hydrogen-bond donors (Lipinski definition) is 2. The lowest BCUT2D eigenvalue weighted by Crippen LogP contribution is -2.31. The molecule has 1 heterocycles. The van der Waals surface area contributed by atoms with E-state index in [2.05, 4.69) is 0 Å². The van der Waals surface area contributed by atoms with Gasteiger partial charge >= 0.3 is 5.97 Å². The van der Waals surface area contributed by atoms with Crippen LogP contribution >= 0.6 is 0 Å². The molecule has 1 aliphatic carbocycles. The third-order valence-corrected chi connectivity index (χ3v) is 3.54. The SMILES string of the molecule is O=C(O)C1C2CN(c3cccc(O)c3)C(=O)C21. The molecule has 17 heavy (non-hydrogen) atoms. The van der Waals surface area contributed by atoms with E-state index in [1.54, 1.807) is 17.0 Å². The molecule has 2 N–H and O–H groups in total. The van der Waals surface area contributed by atoms with Crippen molar-refractivity contribution in [2.24, 2.45) is 17.8 Å². The Kier molecular flexibility index (Phi) is 1.92. The third-order valence-electron chi connectivity index (χ3n) is 3.54. The van der Waals surface area contributed by atoms with Crippen molar-refractivity contribution in [3.05, 3.63) is 24.3 Å². The molecule has 0 bridgehead atoms. The van der Waals surface area contributed by atoms with Crippen LogP contribution in [0.15, 0.2) is 24.3 Å². The van der Waals surface area contributed by atoms with Crippen molar-refractivity contribution in [3.63, 3.8) is 0 Å². The molecule has 3 unspecified atom stereocenters. The molecule has 1 aliphatic heterocycles. The van der Waals surface area contributed by atoms with Crippen LogP contribution in [0.25, 0.3) is 0 Å². The first-order valence-electron chi connectivity index (χ1n) is 5.43. The summed E-state index contributed by atoms with van der Waals surface area (Å²) < 4.78 is 0. The number of carboxylic acid groups (broad SMARTS) is 1. The Labute approximate surface area is 97.3 Å². The number of carboxylic acids is 1. The van der Waals surface area contributed by atoms with E-state index in [0.29, 0.717) is 12.2 Å². The molecule has 5 heteroatoms. The highest BCUT2D eigenvalue weighted by Crippen LogP contribution is 2.53. The van der Waals surface area contributed by atoms with E-state index < -0.39 is 11.9 Å². The smallest absolute Gasteiger partial charge is 0.307 e. The van der Waals surface area contributed by atoms with Gasteiger partial charge < -0.3 is 15.1 Å². The molecule has 1 amide bonds. The number of piperidine rings is 1. The van der Waals surface area contributed by atoms with Crippen LogP contribution in [-0.4, -0.2) is 28.6 Å². The van der Waals surface area contributed by atoms with Crippen LogP contribution in [0, 0.1) is 17.8 Å². The lowest BCUT2D eigenvalue weighted by Gasteiger charge is -2.19. The first kappa shape index (κ1) is 10.1. The highest BCUT2D eigenvalue weighted by Gasteiger charge is 2.65. The van der Waals surface area contributed by atoms with Crippen molar-refractivity contribution in [3.8, 4) is 5.75 Å². The second-order valence-corrected chi connectivity index (χ2v) is 4.52. The van der Waals surface area contributed by atoms with Gasteiger partial charge in [-0.15, -0.1) is 0 Å². The molecule has 0 radical (unpaired) electrons. The first-order chi connectivity index (χ1) is 8.09. The zero-order valence-electron chi connectivity index (χ0n) is 8.91. The molecule has 88 valence electrons. The van der Waals surface area contributed by atoms with Gasteiger partial charge in [0.05, 0.1) is 11.8 Å². The molecule has 3 atom stereocenters. The van der Waals surface area contributed by atoms with Crippen LogP contribution in [0.4, 0.5) is 5.69 Å². The maximum Gasteiger partial charge on any atom is 0.307 e. The fraction of sp³-hybridized carbons (Fsp3) is 0.333. The molecule has 0 aromatic heterocycles. The lowest BCUT2D eigenvalue weighted by atomic mass is 10.2. The zero-order valence-corrected chi connectivity index (χ0v) is 8.91.